The van der Waals surface area contributed by atoms with E-state index < -0.39 is 49.1 Å². The Labute approximate surface area is 597 Å². The molecule has 20 nitrogen and oxygen atoms in total. The summed E-state index contributed by atoms with van der Waals surface area (Å²) in [4.78, 5) is 5.00. The molecule has 1 aliphatic rings. The summed E-state index contributed by atoms with van der Waals surface area (Å²) in [6.07, 6.45) is 0. The predicted molar refractivity (Wildman–Crippen MR) is 413 cm³/mol. The Kier molecular flexibility index (Phi) is 27.9. The van der Waals surface area contributed by atoms with Gasteiger partial charge in [0, 0.05) is 50.2 Å². The number of anilines is 10. The van der Waals surface area contributed by atoms with Gasteiger partial charge in [-0.3, -0.25) is 18.1 Å². The highest BCUT2D eigenvalue weighted by molar-refractivity contribution is 9.24. The maximum atomic E-state index is 13.1. The number of hydrogen-bond acceptors (Lipinski definition) is 16. The van der Waals surface area contributed by atoms with E-state index in [1.165, 1.54) is 98.3 Å². The molecule has 0 aromatic heterocycles. The summed E-state index contributed by atoms with van der Waals surface area (Å²) in [6, 6.07) is 68.7. The molecule has 0 atom stereocenters. The molecular weight excluding hydrogens is 1440 g/mol. The minimum Gasteiger partial charge on any atom is -0.397 e. The number of fused-ring (bicyclic) bond motifs is 1. The van der Waals surface area contributed by atoms with Crippen LogP contribution in [0.25, 0.3) is 0 Å². The number of rotatable bonds is 15. The second-order valence-electron chi connectivity index (χ2n) is 22.4. The van der Waals surface area contributed by atoms with Gasteiger partial charge in [0.1, 0.15) is 0 Å². The van der Waals surface area contributed by atoms with Gasteiger partial charge in [-0.2, -0.15) is 0 Å². The molecule has 0 radical (unpaired) electrons. The van der Waals surface area contributed by atoms with E-state index in [0.717, 1.165) is 47.8 Å². The molecule has 10 aromatic carbocycles. The van der Waals surface area contributed by atoms with Crippen molar-refractivity contribution in [2.24, 2.45) is 0 Å². The first-order valence-electron chi connectivity index (χ1n) is 30.4. The molecule has 522 valence electrons. The quantitative estimate of drug-likeness (QED) is 0.0316. The number of halogens is 2. The third-order valence-corrected chi connectivity index (χ3v) is 24.0. The fourth-order valence-electron chi connectivity index (χ4n) is 9.18. The lowest BCUT2D eigenvalue weighted by Crippen LogP contribution is -2.38. The summed E-state index contributed by atoms with van der Waals surface area (Å²) >= 11 is 3.60. The number of hydrogen-bond donors (Lipinski definition) is 6. The number of nitrogens with one attached hydrogen (secondary N) is 4. The molecule has 28 heteroatoms. The van der Waals surface area contributed by atoms with Crippen LogP contribution in [0.2, 0.25) is 0 Å². The van der Waals surface area contributed by atoms with E-state index >= 15 is 0 Å². The molecule has 0 saturated heterocycles. The number of nitrogen functional groups attached to an aromatic ring is 2. The molecule has 10 aromatic rings. The topological polar surface area (TPSA) is 284 Å². The summed E-state index contributed by atoms with van der Waals surface area (Å²) in [5.74, 6) is 0.287. The Balaban J connectivity index is 0.000000202. The van der Waals surface area contributed by atoms with Gasteiger partial charge in [0.05, 0.1) is 70.0 Å². The van der Waals surface area contributed by atoms with Crippen LogP contribution in [0.1, 0.15) is 27.8 Å². The molecule has 99 heavy (non-hydrogen) atoms. The molecule has 0 aliphatic carbocycles. The second-order valence-corrected chi connectivity index (χ2v) is 33.1. The van der Waals surface area contributed by atoms with E-state index in [1.807, 2.05) is 85.1 Å². The summed E-state index contributed by atoms with van der Waals surface area (Å²) in [5.41, 5.74) is 22.5. The average Bonchev–Trinajstić information content (AvgIpc) is 1.78. The third kappa shape index (κ3) is 21.6. The van der Waals surface area contributed by atoms with Crippen LogP contribution in [-0.4, -0.2) is 90.2 Å². The molecule has 1 heterocycles. The largest absolute Gasteiger partial charge is 0.455 e. The van der Waals surface area contributed by atoms with Crippen molar-refractivity contribution in [3.8, 4) is 0 Å². The van der Waals surface area contributed by atoms with E-state index in [4.69, 9.17) is 22.1 Å². The summed E-state index contributed by atoms with van der Waals surface area (Å²) in [5, 5.41) is 6.17. The summed E-state index contributed by atoms with van der Waals surface area (Å²) in [6.45, 7) is 9.35. The van der Waals surface area contributed by atoms with Crippen LogP contribution in [0, 0.1) is 34.6 Å². The highest BCUT2D eigenvalue weighted by Gasteiger charge is 2.33. The van der Waals surface area contributed by atoms with Gasteiger partial charge in [0.25, 0.3) is 49.1 Å². The van der Waals surface area contributed by atoms with E-state index in [0.29, 0.717) is 11.4 Å². The fraction of sp³-hybridized carbons (Fsp3) is 0.155. The monoisotopic (exact) mass is 1520 g/mol. The number of sulfonamides is 4. The van der Waals surface area contributed by atoms with Gasteiger partial charge < -0.3 is 31.7 Å². The van der Waals surface area contributed by atoms with Crippen molar-refractivity contribution in [3.63, 3.8) is 0 Å². The van der Waals surface area contributed by atoms with Crippen LogP contribution < -0.4 is 49.8 Å². The van der Waals surface area contributed by atoms with E-state index in [9.17, 15) is 42.1 Å². The minimum absolute atomic E-state index is 0.0919. The molecule has 0 amide bonds. The van der Waals surface area contributed by atoms with Gasteiger partial charge in [-0.1, -0.05) is 165 Å². The number of nitrogens with two attached hydrogens (primary N) is 2. The van der Waals surface area contributed by atoms with Crippen molar-refractivity contribution in [3.05, 3.63) is 270 Å². The Bertz CT molecular complexity index is 4650. The lowest BCUT2D eigenvalue weighted by atomic mass is 10.1. The Morgan fingerprint density at radius 1 is 0.364 bits per heavy atom. The Hall–Kier alpha value is -9.22. The van der Waals surface area contributed by atoms with Crippen LogP contribution in [0.15, 0.2) is 267 Å². The first-order chi connectivity index (χ1) is 46.6. The van der Waals surface area contributed by atoms with E-state index in [-0.39, 0.29) is 53.0 Å². The van der Waals surface area contributed by atoms with Gasteiger partial charge in [-0.15, -0.1) is 0 Å². The Morgan fingerprint density at radius 3 is 0.879 bits per heavy atom. The van der Waals surface area contributed by atoms with Crippen molar-refractivity contribution < 1.29 is 42.1 Å². The SMILES string of the molecule is CN1B(Br)N(C)c2ccccc21.CNc1ccccc1NC.Cc1ccc(S(=O)(=O)Cl)cc1.Cc1ccc(S(=O)(=O)N(C)c2ccccc2N(C)S(=O)(=O)c2ccc(C)cc2)cc1.Cc1ccc(S(=O)(=O)Nc2ccccc2NS(=O)(=O)c2ccc(C)cc2)cc1.Nc1ccccc1N. The van der Waals surface area contributed by atoms with Crippen molar-refractivity contribution in [2.45, 2.75) is 59.1 Å². The highest BCUT2D eigenvalue weighted by Crippen LogP contribution is 2.38. The highest BCUT2D eigenvalue weighted by atomic mass is 79.9. The Morgan fingerprint density at radius 2 is 0.606 bits per heavy atom. The predicted octanol–water partition coefficient (Wildman–Crippen LogP) is 14.4. The molecule has 1 aliphatic heterocycles. The van der Waals surface area contributed by atoms with Crippen molar-refractivity contribution >= 4 is 138 Å². The second kappa shape index (κ2) is 35.0. The van der Waals surface area contributed by atoms with Crippen LogP contribution in [0.4, 0.5) is 56.9 Å². The zero-order chi connectivity index (χ0) is 73.0. The van der Waals surface area contributed by atoms with Crippen LogP contribution in [0.3, 0.4) is 0 Å². The molecule has 0 saturated carbocycles. The fourth-order valence-corrected chi connectivity index (χ4v) is 15.0. The molecular formula is C71H81BBrClN10O10S5. The molecule has 0 spiro atoms. The van der Waals surface area contributed by atoms with Gasteiger partial charge in [0.2, 0.25) is 0 Å². The maximum Gasteiger partial charge on any atom is 0.455 e. The van der Waals surface area contributed by atoms with Gasteiger partial charge in [-0.05, 0) is 170 Å². The molecule has 0 fully saturated rings. The summed E-state index contributed by atoms with van der Waals surface area (Å²) < 4.78 is 132. The van der Waals surface area contributed by atoms with Crippen molar-refractivity contribution in [1.82, 2.24) is 0 Å². The number of nitrogens with zero attached hydrogens (tertiary/aromatic N) is 4. The first kappa shape index (κ1) is 78.8. The standard InChI is InChI=1S/C22H24N2O4S2.C20H20N2O4S2.C8H10BBrN2.C8H12N2.C7H7ClO2S.C6H8N2/c1-17-9-13-19(14-10-17)29(25,26)23(3)21-7-5-6-8-22(21)24(4)30(27,28)20-15-11-18(2)12-16-20;1-15-7-11-17(12-8-15)27(23,24)21-19-5-3-4-6-20(19)22-28(25,26)18-13-9-16(2)10-14-18;1-11-7-5-3-4-6-8(7)12(2)9(11)10;1-9-7-5-3-4-6-8(7)10-2;1-6-2-4-7(5-3-6)11(8,9)10;7-5-3-1-2-4-6(5)8/h5-16H,1-4H3;3-14,21-22H,1-2H3;3-6H,1-2H3;3-6,9-10H,1-2H3;2-5H,1H3;1-4H,7-8H2. The number of para-hydroxylation sites is 10. The van der Waals surface area contributed by atoms with Gasteiger partial charge in [-0.25, -0.2) is 42.1 Å². The van der Waals surface area contributed by atoms with E-state index in [2.05, 4.69) is 83.8 Å². The smallest absolute Gasteiger partial charge is 0.397 e. The van der Waals surface area contributed by atoms with Crippen LogP contribution in [-0.2, 0) is 49.1 Å². The van der Waals surface area contributed by atoms with Gasteiger partial charge >= 0.3 is 5.81 Å². The summed E-state index contributed by atoms with van der Waals surface area (Å²) in [7, 11) is -3.10. The average molecular weight is 1520 g/mol. The maximum absolute atomic E-state index is 13.1. The van der Waals surface area contributed by atoms with Crippen molar-refractivity contribution in [2.75, 3.05) is 92.1 Å². The molecule has 11 rings (SSSR count). The normalized spacial score (nSPS) is 11.7. The molecule has 0 bridgehead atoms. The first-order valence-corrected chi connectivity index (χ1v) is 39.4. The number of benzene rings is 10. The lowest BCUT2D eigenvalue weighted by molar-refractivity contribution is 0.591. The van der Waals surface area contributed by atoms with Crippen LogP contribution >= 0.6 is 26.4 Å². The van der Waals surface area contributed by atoms with Gasteiger partial charge in [0.15, 0.2) is 0 Å². The third-order valence-electron chi connectivity index (χ3n) is 15.0. The van der Waals surface area contributed by atoms with Crippen LogP contribution in [0.5, 0.6) is 0 Å². The minimum atomic E-state index is -3.87. The zero-order valence-electron chi connectivity index (χ0n) is 56.5. The lowest BCUT2D eigenvalue weighted by Gasteiger charge is -2.27. The molecule has 8 N–H and O–H groups in total. The van der Waals surface area contributed by atoms with Crippen molar-refractivity contribution in [1.29, 1.82) is 0 Å². The van der Waals surface area contributed by atoms with E-state index in [1.54, 1.807) is 109 Å². The molecule has 0 unspecified atom stereocenters. The zero-order valence-corrected chi connectivity index (χ0v) is 62.9. The number of aryl methyl sites for hydroxylation is 5.